The van der Waals surface area contributed by atoms with E-state index in [0.29, 0.717) is 29.0 Å². The molecular formula is C28H42O. The van der Waals surface area contributed by atoms with E-state index in [2.05, 4.69) is 65.8 Å². The molecule has 0 aromatic heterocycles. The third-order valence-corrected chi connectivity index (χ3v) is 9.99. The van der Waals surface area contributed by atoms with Gasteiger partial charge in [0.15, 0.2) is 5.78 Å². The molecule has 0 bridgehead atoms. The van der Waals surface area contributed by atoms with E-state index >= 15 is 0 Å². The number of carbonyl (C=O) groups excluding carboxylic acids is 1. The van der Waals surface area contributed by atoms with E-state index < -0.39 is 0 Å². The Kier molecular flexibility index (Phi) is 5.50. The molecule has 29 heavy (non-hydrogen) atoms. The van der Waals surface area contributed by atoms with Gasteiger partial charge in [-0.3, -0.25) is 4.79 Å². The van der Waals surface area contributed by atoms with E-state index in [0.717, 1.165) is 36.5 Å². The van der Waals surface area contributed by atoms with Crippen molar-refractivity contribution in [2.45, 2.75) is 80.1 Å². The molecule has 160 valence electrons. The topological polar surface area (TPSA) is 17.1 Å². The smallest absolute Gasteiger partial charge is 0.156 e. The van der Waals surface area contributed by atoms with Crippen molar-refractivity contribution in [3.8, 4) is 0 Å². The summed E-state index contributed by atoms with van der Waals surface area (Å²) in [6.07, 6.45) is 19.1. The molecule has 4 rings (SSSR count). The summed E-state index contributed by atoms with van der Waals surface area (Å²) in [7, 11) is 0. The van der Waals surface area contributed by atoms with Crippen LogP contribution in [0.15, 0.2) is 36.0 Å². The van der Waals surface area contributed by atoms with Gasteiger partial charge in [-0.25, -0.2) is 0 Å². The molecule has 0 heterocycles. The molecule has 0 saturated heterocycles. The Balaban J connectivity index is 1.57. The number of hydrogen-bond donors (Lipinski definition) is 0. The average Bonchev–Trinajstić information content (AvgIpc) is 3.03. The van der Waals surface area contributed by atoms with Crippen molar-refractivity contribution in [3.05, 3.63) is 36.0 Å². The van der Waals surface area contributed by atoms with Crippen molar-refractivity contribution in [2.75, 3.05) is 0 Å². The number of ketones is 1. The molecule has 8 unspecified atom stereocenters. The van der Waals surface area contributed by atoms with Crippen LogP contribution in [0.5, 0.6) is 0 Å². The summed E-state index contributed by atoms with van der Waals surface area (Å²) in [5, 5.41) is 0. The molecule has 1 nitrogen and oxygen atoms in total. The van der Waals surface area contributed by atoms with Crippen LogP contribution in [0.3, 0.4) is 0 Å². The third-order valence-electron chi connectivity index (χ3n) is 9.99. The van der Waals surface area contributed by atoms with Crippen LogP contribution in [0.25, 0.3) is 0 Å². The second kappa shape index (κ2) is 7.54. The lowest BCUT2D eigenvalue weighted by Gasteiger charge is -2.56. The minimum atomic E-state index is 0.227. The van der Waals surface area contributed by atoms with Gasteiger partial charge in [-0.1, -0.05) is 65.8 Å². The highest BCUT2D eigenvalue weighted by Crippen LogP contribution is 2.66. The SMILES string of the molecule is CC(C)C(C)/C=C/C(C)C1CCC2C3C=CC4=CC(=O)CCC4(C)C3CCC12C. The first kappa shape index (κ1) is 21.1. The van der Waals surface area contributed by atoms with Crippen molar-refractivity contribution < 1.29 is 4.79 Å². The first-order valence-corrected chi connectivity index (χ1v) is 12.3. The van der Waals surface area contributed by atoms with Crippen LogP contribution in [0, 0.1) is 52.3 Å². The van der Waals surface area contributed by atoms with Crippen molar-refractivity contribution in [1.29, 1.82) is 0 Å². The van der Waals surface area contributed by atoms with Gasteiger partial charge in [-0.2, -0.15) is 0 Å². The van der Waals surface area contributed by atoms with Crippen LogP contribution >= 0.6 is 0 Å². The highest BCUT2D eigenvalue weighted by atomic mass is 16.1. The maximum Gasteiger partial charge on any atom is 0.156 e. The lowest BCUT2D eigenvalue weighted by atomic mass is 9.48. The number of fused-ring (bicyclic) bond motifs is 5. The maximum absolute atomic E-state index is 12.0. The standard InChI is InChI=1S/C28H42O/c1-18(2)19(3)7-8-20(4)24-11-12-25-23-10-9-21-17-22(29)13-15-27(21,5)26(23)14-16-28(24,25)6/h7-10,17-20,23-26H,11-16H2,1-6H3/b8-7+. The molecule has 2 fully saturated rings. The summed E-state index contributed by atoms with van der Waals surface area (Å²) in [4.78, 5) is 12.0. The summed E-state index contributed by atoms with van der Waals surface area (Å²) in [6.45, 7) is 14.6. The summed E-state index contributed by atoms with van der Waals surface area (Å²) in [5.74, 6) is 5.46. The summed E-state index contributed by atoms with van der Waals surface area (Å²) < 4.78 is 0. The van der Waals surface area contributed by atoms with Gasteiger partial charge >= 0.3 is 0 Å². The van der Waals surface area contributed by atoms with Gasteiger partial charge in [0.25, 0.3) is 0 Å². The van der Waals surface area contributed by atoms with Crippen LogP contribution in [0.2, 0.25) is 0 Å². The zero-order chi connectivity index (χ0) is 21.0. The lowest BCUT2D eigenvalue weighted by Crippen LogP contribution is -2.49. The molecule has 2 saturated carbocycles. The van der Waals surface area contributed by atoms with Gasteiger partial charge in [0, 0.05) is 6.42 Å². The predicted molar refractivity (Wildman–Crippen MR) is 122 cm³/mol. The molecule has 4 aliphatic rings. The van der Waals surface area contributed by atoms with E-state index in [9.17, 15) is 4.79 Å². The Morgan fingerprint density at radius 1 is 1.00 bits per heavy atom. The second-order valence-corrected chi connectivity index (χ2v) is 11.7. The zero-order valence-corrected chi connectivity index (χ0v) is 19.6. The Morgan fingerprint density at radius 2 is 1.76 bits per heavy atom. The quantitative estimate of drug-likeness (QED) is 0.454. The Morgan fingerprint density at radius 3 is 2.48 bits per heavy atom. The number of carbonyl (C=O) groups is 1. The fraction of sp³-hybridized carbons (Fsp3) is 0.750. The molecule has 0 N–H and O–H groups in total. The average molecular weight is 395 g/mol. The molecule has 0 amide bonds. The molecule has 0 aliphatic heterocycles. The van der Waals surface area contributed by atoms with Gasteiger partial charge in [0.05, 0.1) is 0 Å². The van der Waals surface area contributed by atoms with Crippen molar-refractivity contribution in [1.82, 2.24) is 0 Å². The molecule has 8 atom stereocenters. The molecular weight excluding hydrogens is 352 g/mol. The molecule has 0 radical (unpaired) electrons. The van der Waals surface area contributed by atoms with Crippen LogP contribution < -0.4 is 0 Å². The number of allylic oxidation sites excluding steroid dienone is 6. The van der Waals surface area contributed by atoms with E-state index in [1.54, 1.807) is 0 Å². The monoisotopic (exact) mass is 394 g/mol. The molecule has 4 aliphatic carbocycles. The molecule has 0 aromatic carbocycles. The van der Waals surface area contributed by atoms with E-state index in [1.165, 1.54) is 31.3 Å². The van der Waals surface area contributed by atoms with Crippen molar-refractivity contribution >= 4 is 5.78 Å². The van der Waals surface area contributed by atoms with E-state index in [1.807, 2.05) is 6.08 Å². The molecule has 1 heteroatoms. The van der Waals surface area contributed by atoms with Crippen LogP contribution in [-0.2, 0) is 4.79 Å². The molecule has 0 spiro atoms. The maximum atomic E-state index is 12.0. The first-order valence-electron chi connectivity index (χ1n) is 12.3. The van der Waals surface area contributed by atoms with Crippen LogP contribution in [0.4, 0.5) is 0 Å². The highest BCUT2D eigenvalue weighted by molar-refractivity contribution is 5.92. The van der Waals surface area contributed by atoms with Gasteiger partial charge < -0.3 is 0 Å². The van der Waals surface area contributed by atoms with Crippen molar-refractivity contribution in [2.24, 2.45) is 52.3 Å². The summed E-state index contributed by atoms with van der Waals surface area (Å²) >= 11 is 0. The predicted octanol–water partition coefficient (Wildman–Crippen LogP) is 7.39. The summed E-state index contributed by atoms with van der Waals surface area (Å²) in [6, 6.07) is 0. The van der Waals surface area contributed by atoms with Crippen molar-refractivity contribution in [3.63, 3.8) is 0 Å². The zero-order valence-electron chi connectivity index (χ0n) is 19.6. The van der Waals surface area contributed by atoms with Crippen LogP contribution in [-0.4, -0.2) is 5.78 Å². The number of rotatable bonds is 4. The fourth-order valence-corrected chi connectivity index (χ4v) is 7.61. The number of hydrogen-bond acceptors (Lipinski definition) is 1. The highest BCUT2D eigenvalue weighted by Gasteiger charge is 2.58. The van der Waals surface area contributed by atoms with E-state index in [-0.39, 0.29) is 5.41 Å². The largest absolute Gasteiger partial charge is 0.295 e. The van der Waals surface area contributed by atoms with Crippen LogP contribution in [0.1, 0.15) is 80.1 Å². The van der Waals surface area contributed by atoms with E-state index in [4.69, 9.17) is 0 Å². The fourth-order valence-electron chi connectivity index (χ4n) is 7.61. The second-order valence-electron chi connectivity index (χ2n) is 11.7. The minimum absolute atomic E-state index is 0.227. The Hall–Kier alpha value is -1.11. The lowest BCUT2D eigenvalue weighted by molar-refractivity contribution is -0.116. The van der Waals surface area contributed by atoms with Gasteiger partial charge in [-0.05, 0) is 96.0 Å². The van der Waals surface area contributed by atoms with Gasteiger partial charge in [0.1, 0.15) is 0 Å². The first-order chi connectivity index (χ1) is 13.7. The summed E-state index contributed by atoms with van der Waals surface area (Å²) in [5.41, 5.74) is 2.02. The Bertz CT molecular complexity index is 739. The van der Waals surface area contributed by atoms with Gasteiger partial charge in [0.2, 0.25) is 0 Å². The minimum Gasteiger partial charge on any atom is -0.295 e. The molecule has 0 aromatic rings. The normalized spacial score (nSPS) is 43.7. The Labute approximate surface area is 179 Å². The van der Waals surface area contributed by atoms with Gasteiger partial charge in [-0.15, -0.1) is 0 Å². The third kappa shape index (κ3) is 3.41.